The number of carbonyl (C=O) groups excluding carboxylic acids is 2. The molecule has 1 aliphatic carbocycles. The molecule has 1 N–H and O–H groups in total. The lowest BCUT2D eigenvalue weighted by atomic mass is 9.78. The molecule has 1 saturated heterocycles. The Morgan fingerprint density at radius 1 is 1.28 bits per heavy atom. The Balaban J connectivity index is 1.85. The molecule has 1 saturated carbocycles. The van der Waals surface area contributed by atoms with Crippen LogP contribution in [-0.2, 0) is 24.2 Å². The molecule has 174 valence electrons. The van der Waals surface area contributed by atoms with E-state index in [2.05, 4.69) is 11.4 Å². The fourth-order valence-corrected chi connectivity index (χ4v) is 5.87. The van der Waals surface area contributed by atoms with Crippen LogP contribution in [0.4, 0.5) is 4.79 Å². The monoisotopic (exact) mass is 483 g/mol. The van der Waals surface area contributed by atoms with E-state index in [9.17, 15) is 23.3 Å². The molecule has 11 heteroatoms. The standard InChI is InChI=1S/C21H26ClN3O6S/c1-20(2,3)30-19(27)31-25-12-14(32(28,29)17-8-5-4-7-15(17)22)11-16(25)18(26)24-21(13-23)9-6-10-21/h4-5,7-8,14,16H,6,9-12H2,1-3H3,(H,24,26)/t14-,16+/m1/s1. The molecular formula is C21H26ClN3O6S. The van der Waals surface area contributed by atoms with Crippen LogP contribution in [0.1, 0.15) is 46.5 Å². The first-order chi connectivity index (χ1) is 14.9. The van der Waals surface area contributed by atoms with E-state index >= 15 is 0 Å². The minimum Gasteiger partial charge on any atom is -0.427 e. The van der Waals surface area contributed by atoms with Crippen molar-refractivity contribution in [3.63, 3.8) is 0 Å². The van der Waals surface area contributed by atoms with Crippen LogP contribution in [0.25, 0.3) is 0 Å². The zero-order valence-corrected chi connectivity index (χ0v) is 19.7. The highest BCUT2D eigenvalue weighted by atomic mass is 35.5. The third kappa shape index (κ3) is 5.17. The lowest BCUT2D eigenvalue weighted by Gasteiger charge is -2.37. The number of nitrogens with zero attached hydrogens (tertiary/aromatic N) is 2. The summed E-state index contributed by atoms with van der Waals surface area (Å²) in [5.74, 6) is -0.577. The van der Waals surface area contributed by atoms with Crippen molar-refractivity contribution in [1.82, 2.24) is 10.4 Å². The predicted octanol–water partition coefficient (Wildman–Crippen LogP) is 2.99. The highest BCUT2D eigenvalue weighted by Gasteiger charge is 2.49. The molecule has 9 nitrogen and oxygen atoms in total. The number of nitrogens with one attached hydrogen (secondary N) is 1. The summed E-state index contributed by atoms with van der Waals surface area (Å²) in [4.78, 5) is 30.4. The first-order valence-corrected chi connectivity index (χ1v) is 12.2. The number of ether oxygens (including phenoxy) is 1. The lowest BCUT2D eigenvalue weighted by Crippen LogP contribution is -2.57. The molecule has 1 aliphatic heterocycles. The maximum atomic E-state index is 13.2. The largest absolute Gasteiger partial charge is 0.528 e. The lowest BCUT2D eigenvalue weighted by molar-refractivity contribution is -0.163. The van der Waals surface area contributed by atoms with Gasteiger partial charge >= 0.3 is 6.16 Å². The summed E-state index contributed by atoms with van der Waals surface area (Å²) in [6.07, 6.45) is 0.640. The zero-order chi connectivity index (χ0) is 23.7. The molecule has 1 heterocycles. The van der Waals surface area contributed by atoms with Crippen molar-refractivity contribution in [1.29, 1.82) is 5.26 Å². The molecular weight excluding hydrogens is 458 g/mol. The van der Waals surface area contributed by atoms with Gasteiger partial charge in [-0.25, -0.2) is 13.2 Å². The number of amides is 1. The number of rotatable bonds is 5. The number of benzene rings is 1. The number of halogens is 1. The van der Waals surface area contributed by atoms with E-state index in [0.29, 0.717) is 12.8 Å². The fraction of sp³-hybridized carbons (Fsp3) is 0.571. The second kappa shape index (κ2) is 8.89. The van der Waals surface area contributed by atoms with Crippen LogP contribution in [-0.4, -0.2) is 54.5 Å². The third-order valence-corrected chi connectivity index (χ3v) is 8.10. The molecule has 1 aromatic carbocycles. The van der Waals surface area contributed by atoms with Crippen molar-refractivity contribution in [2.24, 2.45) is 0 Å². The van der Waals surface area contributed by atoms with E-state index in [4.69, 9.17) is 21.2 Å². The maximum Gasteiger partial charge on any atom is 0.528 e. The molecule has 1 aromatic rings. The summed E-state index contributed by atoms with van der Waals surface area (Å²) in [7, 11) is -3.93. The quantitative estimate of drug-likeness (QED) is 0.633. The molecule has 1 amide bonds. The van der Waals surface area contributed by atoms with E-state index in [1.807, 2.05) is 0 Å². The Hall–Kier alpha value is -2.35. The van der Waals surface area contributed by atoms with Crippen molar-refractivity contribution in [2.75, 3.05) is 6.54 Å². The minimum atomic E-state index is -3.93. The van der Waals surface area contributed by atoms with E-state index in [1.165, 1.54) is 12.1 Å². The Morgan fingerprint density at radius 3 is 2.47 bits per heavy atom. The Kier molecular flexibility index (Phi) is 6.75. The van der Waals surface area contributed by atoms with E-state index < -0.39 is 44.3 Å². The maximum absolute atomic E-state index is 13.2. The van der Waals surface area contributed by atoms with Crippen LogP contribution in [0.3, 0.4) is 0 Å². The Labute approximate surface area is 192 Å². The van der Waals surface area contributed by atoms with Gasteiger partial charge in [0.2, 0.25) is 5.91 Å². The van der Waals surface area contributed by atoms with Crippen molar-refractivity contribution >= 4 is 33.5 Å². The number of sulfone groups is 1. The summed E-state index contributed by atoms with van der Waals surface area (Å²) in [5.41, 5.74) is -1.82. The molecule has 2 fully saturated rings. The van der Waals surface area contributed by atoms with Gasteiger partial charge in [0, 0.05) is 0 Å². The topological polar surface area (TPSA) is 126 Å². The molecule has 0 aromatic heterocycles. The molecule has 0 unspecified atom stereocenters. The fourth-order valence-electron chi connectivity index (χ4n) is 3.67. The zero-order valence-electron chi connectivity index (χ0n) is 18.1. The van der Waals surface area contributed by atoms with Crippen molar-refractivity contribution in [2.45, 2.75) is 73.8 Å². The van der Waals surface area contributed by atoms with Gasteiger partial charge in [-0.1, -0.05) is 23.7 Å². The smallest absolute Gasteiger partial charge is 0.427 e. The first-order valence-electron chi connectivity index (χ1n) is 10.3. The van der Waals surface area contributed by atoms with Crippen LogP contribution < -0.4 is 5.32 Å². The van der Waals surface area contributed by atoms with E-state index in [-0.39, 0.29) is 22.9 Å². The second-order valence-corrected chi connectivity index (χ2v) is 11.6. The van der Waals surface area contributed by atoms with Crippen LogP contribution in [0.5, 0.6) is 0 Å². The van der Waals surface area contributed by atoms with Gasteiger partial charge in [-0.15, -0.1) is 5.06 Å². The molecule has 3 rings (SSSR count). The molecule has 0 radical (unpaired) electrons. The van der Waals surface area contributed by atoms with Gasteiger partial charge in [0.05, 0.1) is 27.8 Å². The molecule has 0 spiro atoms. The number of hydrogen-bond donors (Lipinski definition) is 1. The van der Waals surface area contributed by atoms with Gasteiger partial charge in [-0.05, 0) is 58.6 Å². The van der Waals surface area contributed by atoms with Gasteiger partial charge in [0.15, 0.2) is 9.84 Å². The summed E-state index contributed by atoms with van der Waals surface area (Å²) < 4.78 is 31.6. The third-order valence-electron chi connectivity index (χ3n) is 5.47. The van der Waals surface area contributed by atoms with Gasteiger partial charge in [-0.2, -0.15) is 5.26 Å². The minimum absolute atomic E-state index is 0.0579. The summed E-state index contributed by atoms with van der Waals surface area (Å²) >= 11 is 6.10. The number of carbonyl (C=O) groups is 2. The summed E-state index contributed by atoms with van der Waals surface area (Å²) in [6.45, 7) is 4.71. The summed E-state index contributed by atoms with van der Waals surface area (Å²) in [5, 5.41) is 12.2. The molecule has 0 bridgehead atoms. The van der Waals surface area contributed by atoms with Gasteiger partial charge in [0.1, 0.15) is 17.2 Å². The van der Waals surface area contributed by atoms with Crippen molar-refractivity contribution < 1.29 is 27.6 Å². The highest BCUT2D eigenvalue weighted by Crippen LogP contribution is 2.34. The van der Waals surface area contributed by atoms with Crippen LogP contribution in [0.15, 0.2) is 29.2 Å². The number of nitriles is 1. The van der Waals surface area contributed by atoms with E-state index in [0.717, 1.165) is 11.5 Å². The van der Waals surface area contributed by atoms with Crippen molar-refractivity contribution in [3.05, 3.63) is 29.3 Å². The van der Waals surface area contributed by atoms with Gasteiger partial charge < -0.3 is 14.9 Å². The van der Waals surface area contributed by atoms with Crippen molar-refractivity contribution in [3.8, 4) is 6.07 Å². The molecule has 32 heavy (non-hydrogen) atoms. The summed E-state index contributed by atoms with van der Waals surface area (Å²) in [6, 6.07) is 7.04. The van der Waals surface area contributed by atoms with Gasteiger partial charge in [-0.3, -0.25) is 4.79 Å². The number of hydroxylamine groups is 2. The van der Waals surface area contributed by atoms with Gasteiger partial charge in [0.25, 0.3) is 0 Å². The predicted molar refractivity (Wildman–Crippen MR) is 115 cm³/mol. The van der Waals surface area contributed by atoms with Crippen LogP contribution in [0, 0.1) is 11.3 Å². The number of hydrogen-bond acceptors (Lipinski definition) is 8. The SMILES string of the molecule is CC(C)(C)OC(=O)ON1C[C@H](S(=O)(=O)c2ccccc2Cl)C[C@H]1C(=O)NC1(C#N)CCC1. The average Bonchev–Trinajstić information content (AvgIpc) is 3.08. The van der Waals surface area contributed by atoms with Crippen LogP contribution in [0.2, 0.25) is 5.02 Å². The highest BCUT2D eigenvalue weighted by molar-refractivity contribution is 7.92. The normalized spacial score (nSPS) is 23.0. The van der Waals surface area contributed by atoms with Crippen LogP contribution >= 0.6 is 11.6 Å². The second-order valence-electron chi connectivity index (χ2n) is 9.04. The molecule has 2 atom stereocenters. The Morgan fingerprint density at radius 2 is 1.94 bits per heavy atom. The molecule has 2 aliphatic rings. The first kappa shape index (κ1) is 24.3. The Bertz CT molecular complexity index is 1040. The average molecular weight is 484 g/mol. The van der Waals surface area contributed by atoms with E-state index in [1.54, 1.807) is 32.9 Å².